The van der Waals surface area contributed by atoms with Crippen molar-refractivity contribution in [2.24, 2.45) is 0 Å². The van der Waals surface area contributed by atoms with Crippen LogP contribution in [0.4, 0.5) is 0 Å². The maximum atomic E-state index is 13.0. The molecule has 0 radical (unpaired) electrons. The molecule has 0 spiro atoms. The number of benzene rings is 1. The summed E-state index contributed by atoms with van der Waals surface area (Å²) < 4.78 is 7.19. The van der Waals surface area contributed by atoms with E-state index in [4.69, 9.17) is 10.00 Å². The number of carbonyl (C=O) groups excluding carboxylic acids is 1. The Labute approximate surface area is 162 Å². The first-order valence-electron chi connectivity index (χ1n) is 9.04. The van der Waals surface area contributed by atoms with E-state index < -0.39 is 0 Å². The van der Waals surface area contributed by atoms with Gasteiger partial charge in [-0.1, -0.05) is 12.1 Å². The molecule has 3 aromatic rings. The fraction of sp³-hybridized carbons (Fsp3) is 0.238. The van der Waals surface area contributed by atoms with E-state index in [1.165, 1.54) is 0 Å². The Hall–Kier alpha value is -3.66. The van der Waals surface area contributed by atoms with Crippen LogP contribution in [0.3, 0.4) is 0 Å². The van der Waals surface area contributed by atoms with Crippen molar-refractivity contribution in [3.8, 4) is 22.9 Å². The molecule has 2 aromatic heterocycles. The summed E-state index contributed by atoms with van der Waals surface area (Å²) in [5.74, 6) is 0.664. The van der Waals surface area contributed by atoms with Crippen LogP contribution in [0.25, 0.3) is 11.1 Å². The lowest BCUT2D eigenvalue weighted by molar-refractivity contribution is 0.0746. The molecule has 0 bridgehead atoms. The van der Waals surface area contributed by atoms with Crippen LogP contribution < -0.4 is 4.74 Å². The second-order valence-electron chi connectivity index (χ2n) is 6.59. The van der Waals surface area contributed by atoms with Crippen LogP contribution in [0.5, 0.6) is 5.75 Å². The third-order valence-electron chi connectivity index (χ3n) is 4.86. The van der Waals surface area contributed by atoms with Gasteiger partial charge in [-0.3, -0.25) is 14.5 Å². The summed E-state index contributed by atoms with van der Waals surface area (Å²) in [6.45, 7) is 1.82. The number of nitriles is 1. The molecule has 1 aromatic carbocycles. The van der Waals surface area contributed by atoms with Gasteiger partial charge in [0.2, 0.25) is 0 Å². The van der Waals surface area contributed by atoms with E-state index >= 15 is 0 Å². The summed E-state index contributed by atoms with van der Waals surface area (Å²) in [4.78, 5) is 18.9. The zero-order chi connectivity index (χ0) is 19.5. The van der Waals surface area contributed by atoms with Gasteiger partial charge >= 0.3 is 0 Å². The predicted octanol–water partition coefficient (Wildman–Crippen LogP) is 2.87. The lowest BCUT2D eigenvalue weighted by Gasteiger charge is -2.20. The van der Waals surface area contributed by atoms with Crippen LogP contribution >= 0.6 is 0 Å². The molecule has 0 N–H and O–H groups in total. The molecule has 0 saturated carbocycles. The van der Waals surface area contributed by atoms with Gasteiger partial charge < -0.3 is 9.64 Å². The van der Waals surface area contributed by atoms with Gasteiger partial charge in [0.25, 0.3) is 5.91 Å². The minimum absolute atomic E-state index is 0.0265. The highest BCUT2D eigenvalue weighted by molar-refractivity contribution is 5.94. The maximum absolute atomic E-state index is 13.0. The Balaban J connectivity index is 1.56. The zero-order valence-corrected chi connectivity index (χ0v) is 15.5. The quantitative estimate of drug-likeness (QED) is 0.705. The number of aryl methyl sites for hydroxylation is 1. The normalized spacial score (nSPS) is 13.4. The molecule has 7 heteroatoms. The average molecular weight is 373 g/mol. The molecular formula is C21H19N5O2. The Bertz CT molecular complexity index is 1050. The molecule has 0 saturated heterocycles. The van der Waals surface area contributed by atoms with Crippen molar-refractivity contribution in [1.82, 2.24) is 19.7 Å². The first-order valence-corrected chi connectivity index (χ1v) is 9.04. The number of carbonyl (C=O) groups is 1. The summed E-state index contributed by atoms with van der Waals surface area (Å²) in [6.07, 6.45) is 4.19. The molecule has 140 valence electrons. The molecule has 1 aliphatic rings. The second kappa shape index (κ2) is 7.53. The molecule has 28 heavy (non-hydrogen) atoms. The van der Waals surface area contributed by atoms with Crippen molar-refractivity contribution in [3.63, 3.8) is 0 Å². The summed E-state index contributed by atoms with van der Waals surface area (Å²) in [5.41, 5.74) is 3.80. The average Bonchev–Trinajstić information content (AvgIpc) is 3.03. The molecular weight excluding hydrogens is 354 g/mol. The van der Waals surface area contributed by atoms with Crippen LogP contribution in [0.1, 0.15) is 28.2 Å². The fourth-order valence-corrected chi connectivity index (χ4v) is 3.45. The standard InChI is InChI=1S/C21H19N5O2/c1-28-20-13-23-8-7-19(20)15-3-5-16(6-4-15)21(27)25-9-2-10-26-18(14-25)11-17(12-22)24-26/h3-8,11,13H,2,9-10,14H2,1H3. The number of hydrogen-bond donors (Lipinski definition) is 0. The fourth-order valence-electron chi connectivity index (χ4n) is 3.45. The van der Waals surface area contributed by atoms with Gasteiger partial charge in [0.05, 0.1) is 25.5 Å². The maximum Gasteiger partial charge on any atom is 0.254 e. The van der Waals surface area contributed by atoms with Crippen LogP contribution in [0, 0.1) is 11.3 Å². The van der Waals surface area contributed by atoms with E-state index in [0.29, 0.717) is 36.6 Å². The monoisotopic (exact) mass is 373 g/mol. The molecule has 3 heterocycles. The highest BCUT2D eigenvalue weighted by Crippen LogP contribution is 2.29. The molecule has 4 rings (SSSR count). The van der Waals surface area contributed by atoms with Gasteiger partial charge in [-0.25, -0.2) is 0 Å². The van der Waals surface area contributed by atoms with E-state index in [0.717, 1.165) is 23.2 Å². The van der Waals surface area contributed by atoms with E-state index in [2.05, 4.69) is 16.2 Å². The van der Waals surface area contributed by atoms with Crippen LogP contribution in [0.2, 0.25) is 0 Å². The number of aromatic nitrogens is 3. The van der Waals surface area contributed by atoms with E-state index in [-0.39, 0.29) is 5.91 Å². The summed E-state index contributed by atoms with van der Waals surface area (Å²) >= 11 is 0. The van der Waals surface area contributed by atoms with Crippen LogP contribution in [0.15, 0.2) is 48.8 Å². The van der Waals surface area contributed by atoms with Crippen molar-refractivity contribution in [2.75, 3.05) is 13.7 Å². The lowest BCUT2D eigenvalue weighted by atomic mass is 10.0. The zero-order valence-electron chi connectivity index (χ0n) is 15.5. The molecule has 0 fully saturated rings. The number of fused-ring (bicyclic) bond motifs is 1. The molecule has 0 unspecified atom stereocenters. The summed E-state index contributed by atoms with van der Waals surface area (Å²) in [7, 11) is 1.61. The predicted molar refractivity (Wildman–Crippen MR) is 103 cm³/mol. The number of pyridine rings is 1. The number of rotatable bonds is 3. The summed E-state index contributed by atoms with van der Waals surface area (Å²) in [5, 5.41) is 13.3. The number of amides is 1. The molecule has 0 aliphatic carbocycles. The first kappa shape index (κ1) is 17.7. The van der Waals surface area contributed by atoms with Crippen molar-refractivity contribution >= 4 is 5.91 Å². The van der Waals surface area contributed by atoms with E-state index in [1.54, 1.807) is 25.6 Å². The Morgan fingerprint density at radius 2 is 2.04 bits per heavy atom. The molecule has 1 amide bonds. The Morgan fingerprint density at radius 3 is 2.79 bits per heavy atom. The minimum atomic E-state index is -0.0265. The van der Waals surface area contributed by atoms with E-state index in [9.17, 15) is 4.79 Å². The lowest BCUT2D eigenvalue weighted by Crippen LogP contribution is -2.30. The number of methoxy groups -OCH3 is 1. The third-order valence-corrected chi connectivity index (χ3v) is 4.86. The Morgan fingerprint density at radius 1 is 1.21 bits per heavy atom. The van der Waals surface area contributed by atoms with Crippen LogP contribution in [-0.2, 0) is 13.1 Å². The van der Waals surface area contributed by atoms with Crippen molar-refractivity contribution < 1.29 is 9.53 Å². The topological polar surface area (TPSA) is 84.0 Å². The highest BCUT2D eigenvalue weighted by Gasteiger charge is 2.22. The number of hydrogen-bond acceptors (Lipinski definition) is 5. The molecule has 7 nitrogen and oxygen atoms in total. The van der Waals surface area contributed by atoms with Gasteiger partial charge in [0, 0.05) is 30.4 Å². The van der Waals surface area contributed by atoms with Gasteiger partial charge in [0.1, 0.15) is 11.8 Å². The van der Waals surface area contributed by atoms with Gasteiger partial charge in [0.15, 0.2) is 5.69 Å². The van der Waals surface area contributed by atoms with Gasteiger partial charge in [-0.2, -0.15) is 10.4 Å². The number of ether oxygens (including phenoxy) is 1. The van der Waals surface area contributed by atoms with E-state index in [1.807, 2.05) is 39.9 Å². The highest BCUT2D eigenvalue weighted by atomic mass is 16.5. The Kier molecular flexibility index (Phi) is 4.77. The first-order chi connectivity index (χ1) is 13.7. The summed E-state index contributed by atoms with van der Waals surface area (Å²) in [6, 6.07) is 13.2. The largest absolute Gasteiger partial charge is 0.494 e. The van der Waals surface area contributed by atoms with Crippen molar-refractivity contribution in [2.45, 2.75) is 19.5 Å². The SMILES string of the molecule is COc1cnccc1-c1ccc(C(=O)N2CCCn3nc(C#N)cc3C2)cc1. The van der Waals surface area contributed by atoms with Gasteiger partial charge in [-0.05, 0) is 36.2 Å². The molecule has 1 aliphatic heterocycles. The van der Waals surface area contributed by atoms with Gasteiger partial charge in [-0.15, -0.1) is 0 Å². The molecule has 0 atom stereocenters. The van der Waals surface area contributed by atoms with Crippen LogP contribution in [-0.4, -0.2) is 39.2 Å². The smallest absolute Gasteiger partial charge is 0.254 e. The van der Waals surface area contributed by atoms with Crippen molar-refractivity contribution in [3.05, 3.63) is 65.7 Å². The van der Waals surface area contributed by atoms with Crippen molar-refractivity contribution in [1.29, 1.82) is 5.26 Å². The third kappa shape index (κ3) is 3.32. The minimum Gasteiger partial charge on any atom is -0.494 e. The second-order valence-corrected chi connectivity index (χ2v) is 6.59. The number of nitrogens with zero attached hydrogens (tertiary/aromatic N) is 5.